The van der Waals surface area contributed by atoms with Crippen molar-refractivity contribution in [2.45, 2.75) is 31.1 Å². The Hall–Kier alpha value is -1.00. The van der Waals surface area contributed by atoms with Crippen molar-refractivity contribution < 1.29 is 4.79 Å². The van der Waals surface area contributed by atoms with Gasteiger partial charge < -0.3 is 11.1 Å². The molecule has 0 aromatic heterocycles. The molecule has 19 heavy (non-hydrogen) atoms. The topological polar surface area (TPSA) is 55.1 Å². The maximum atomic E-state index is 12.1. The smallest absolute Gasteiger partial charge is 0.224 e. The molecule has 104 valence electrons. The van der Waals surface area contributed by atoms with Crippen molar-refractivity contribution in [3.05, 3.63) is 35.9 Å². The third-order valence-electron chi connectivity index (χ3n) is 3.66. The fourth-order valence-electron chi connectivity index (χ4n) is 2.31. The van der Waals surface area contributed by atoms with Gasteiger partial charge in [-0.1, -0.05) is 37.3 Å². The van der Waals surface area contributed by atoms with Crippen molar-refractivity contribution in [1.82, 2.24) is 5.32 Å². The first-order valence-corrected chi connectivity index (χ1v) is 7.93. The van der Waals surface area contributed by atoms with Gasteiger partial charge in [-0.05, 0) is 24.2 Å². The van der Waals surface area contributed by atoms with Gasteiger partial charge in [0.2, 0.25) is 5.91 Å². The fraction of sp³-hybridized carbons (Fsp3) is 0.533. The van der Waals surface area contributed by atoms with E-state index in [9.17, 15) is 4.79 Å². The van der Waals surface area contributed by atoms with E-state index in [0.29, 0.717) is 5.25 Å². The van der Waals surface area contributed by atoms with E-state index in [-0.39, 0.29) is 17.9 Å². The highest BCUT2D eigenvalue weighted by molar-refractivity contribution is 8.00. The molecule has 1 fully saturated rings. The maximum Gasteiger partial charge on any atom is 0.224 e. The first kappa shape index (κ1) is 14.4. The van der Waals surface area contributed by atoms with Crippen LogP contribution in [0.2, 0.25) is 0 Å². The lowest BCUT2D eigenvalue weighted by molar-refractivity contribution is -0.125. The van der Waals surface area contributed by atoms with Crippen LogP contribution in [-0.4, -0.2) is 23.5 Å². The van der Waals surface area contributed by atoms with Crippen molar-refractivity contribution in [3.63, 3.8) is 0 Å². The van der Waals surface area contributed by atoms with Crippen LogP contribution in [0.25, 0.3) is 0 Å². The number of hydrogen-bond donors (Lipinski definition) is 2. The summed E-state index contributed by atoms with van der Waals surface area (Å²) >= 11 is 1.95. The molecule has 3 unspecified atom stereocenters. The maximum absolute atomic E-state index is 12.1. The van der Waals surface area contributed by atoms with E-state index in [2.05, 4.69) is 5.32 Å². The molecule has 1 saturated heterocycles. The number of nitrogens with one attached hydrogen (secondary N) is 1. The molecular weight excluding hydrogens is 256 g/mol. The Morgan fingerprint density at radius 2 is 2.21 bits per heavy atom. The molecule has 1 amide bonds. The molecule has 0 spiro atoms. The summed E-state index contributed by atoms with van der Waals surface area (Å²) in [5.41, 5.74) is 7.17. The highest BCUT2D eigenvalue weighted by atomic mass is 32.2. The van der Waals surface area contributed by atoms with Crippen LogP contribution in [-0.2, 0) is 4.79 Å². The van der Waals surface area contributed by atoms with Gasteiger partial charge in [0.05, 0.1) is 5.92 Å². The summed E-state index contributed by atoms with van der Waals surface area (Å²) in [4.78, 5) is 12.1. The zero-order valence-corrected chi connectivity index (χ0v) is 12.2. The third-order valence-corrected chi connectivity index (χ3v) is 5.06. The molecule has 1 aromatic carbocycles. The molecule has 1 heterocycles. The van der Waals surface area contributed by atoms with Gasteiger partial charge in [0.25, 0.3) is 0 Å². The minimum atomic E-state index is -0.238. The number of benzene rings is 1. The van der Waals surface area contributed by atoms with Crippen LogP contribution in [0.1, 0.15) is 31.4 Å². The van der Waals surface area contributed by atoms with Crippen LogP contribution in [0.4, 0.5) is 0 Å². The second-order valence-corrected chi connectivity index (χ2v) is 6.51. The zero-order chi connectivity index (χ0) is 13.7. The highest BCUT2D eigenvalue weighted by Crippen LogP contribution is 2.25. The highest BCUT2D eigenvalue weighted by Gasteiger charge is 2.23. The van der Waals surface area contributed by atoms with E-state index in [4.69, 9.17) is 5.73 Å². The summed E-state index contributed by atoms with van der Waals surface area (Å²) in [5, 5.41) is 3.62. The Labute approximate surface area is 119 Å². The van der Waals surface area contributed by atoms with Crippen molar-refractivity contribution in [3.8, 4) is 0 Å². The third kappa shape index (κ3) is 3.98. The summed E-state index contributed by atoms with van der Waals surface area (Å²) in [6.07, 6.45) is 2.48. The first-order chi connectivity index (χ1) is 9.18. The Morgan fingerprint density at radius 3 is 2.84 bits per heavy atom. The largest absolute Gasteiger partial charge is 0.355 e. The molecule has 0 radical (unpaired) electrons. The van der Waals surface area contributed by atoms with Crippen LogP contribution in [0.3, 0.4) is 0 Å². The summed E-state index contributed by atoms with van der Waals surface area (Å²) in [5.74, 6) is 1.08. The van der Waals surface area contributed by atoms with Crippen molar-refractivity contribution in [1.29, 1.82) is 0 Å². The van der Waals surface area contributed by atoms with Crippen LogP contribution in [0.5, 0.6) is 0 Å². The van der Waals surface area contributed by atoms with E-state index in [1.165, 1.54) is 18.6 Å². The molecule has 0 saturated carbocycles. The van der Waals surface area contributed by atoms with E-state index in [0.717, 1.165) is 12.1 Å². The second kappa shape index (κ2) is 6.96. The average Bonchev–Trinajstić information content (AvgIpc) is 2.97. The lowest BCUT2D eigenvalue weighted by Crippen LogP contribution is -2.38. The van der Waals surface area contributed by atoms with E-state index < -0.39 is 0 Å². The lowest BCUT2D eigenvalue weighted by atomic mass is 9.94. The molecule has 1 aromatic rings. The van der Waals surface area contributed by atoms with E-state index in [1.54, 1.807) is 0 Å². The Balaban J connectivity index is 1.84. The molecule has 2 rings (SSSR count). The minimum absolute atomic E-state index is 0.0591. The molecule has 0 bridgehead atoms. The molecule has 1 aliphatic heterocycles. The van der Waals surface area contributed by atoms with Gasteiger partial charge >= 0.3 is 0 Å². The van der Waals surface area contributed by atoms with Gasteiger partial charge in [-0.25, -0.2) is 0 Å². The van der Waals surface area contributed by atoms with Crippen LogP contribution in [0, 0.1) is 5.92 Å². The number of hydrogen-bond acceptors (Lipinski definition) is 3. The fourth-order valence-corrected chi connectivity index (χ4v) is 3.51. The normalized spacial score (nSPS) is 21.9. The van der Waals surface area contributed by atoms with Crippen LogP contribution in [0.15, 0.2) is 30.3 Å². The molecule has 3 nitrogen and oxygen atoms in total. The monoisotopic (exact) mass is 278 g/mol. The van der Waals surface area contributed by atoms with Gasteiger partial charge in [0.15, 0.2) is 0 Å². The second-order valence-electron chi connectivity index (χ2n) is 5.11. The first-order valence-electron chi connectivity index (χ1n) is 6.88. The summed E-state index contributed by atoms with van der Waals surface area (Å²) in [6.45, 7) is 2.67. The number of rotatable bonds is 5. The van der Waals surface area contributed by atoms with Gasteiger partial charge in [0, 0.05) is 17.8 Å². The number of carbonyl (C=O) groups is 1. The van der Waals surface area contributed by atoms with E-state index in [1.807, 2.05) is 49.0 Å². The molecule has 3 N–H and O–H groups in total. The molecule has 3 atom stereocenters. The SMILES string of the molecule is CC(C(=O)NCC1CCCS1)C(N)c1ccccc1. The quantitative estimate of drug-likeness (QED) is 0.869. The number of thioether (sulfide) groups is 1. The predicted molar refractivity (Wildman–Crippen MR) is 81.0 cm³/mol. The van der Waals surface area contributed by atoms with Gasteiger partial charge in [0.1, 0.15) is 0 Å². The Bertz CT molecular complexity index is 404. The van der Waals surface area contributed by atoms with Crippen LogP contribution < -0.4 is 11.1 Å². The molecule has 0 aliphatic carbocycles. The minimum Gasteiger partial charge on any atom is -0.355 e. The lowest BCUT2D eigenvalue weighted by Gasteiger charge is -2.20. The van der Waals surface area contributed by atoms with E-state index >= 15 is 0 Å². The summed E-state index contributed by atoms with van der Waals surface area (Å²) in [7, 11) is 0. The molecule has 1 aliphatic rings. The predicted octanol–water partition coefficient (Wildman–Crippen LogP) is 2.33. The molecular formula is C15H22N2OS. The van der Waals surface area contributed by atoms with Gasteiger partial charge in [-0.15, -0.1) is 0 Å². The number of amides is 1. The van der Waals surface area contributed by atoms with Crippen molar-refractivity contribution >= 4 is 17.7 Å². The summed E-state index contributed by atoms with van der Waals surface area (Å²) in [6, 6.07) is 9.57. The Kier molecular flexibility index (Phi) is 5.28. The van der Waals surface area contributed by atoms with Crippen molar-refractivity contribution in [2.75, 3.05) is 12.3 Å². The van der Waals surface area contributed by atoms with Gasteiger partial charge in [-0.2, -0.15) is 11.8 Å². The number of nitrogens with two attached hydrogens (primary N) is 1. The average molecular weight is 278 g/mol. The standard InChI is InChI=1S/C15H22N2OS/c1-11(14(16)12-6-3-2-4-7-12)15(18)17-10-13-8-5-9-19-13/h2-4,6-7,11,13-14H,5,8-10,16H2,1H3,(H,17,18). The summed E-state index contributed by atoms with van der Waals surface area (Å²) < 4.78 is 0. The van der Waals surface area contributed by atoms with Crippen LogP contribution >= 0.6 is 11.8 Å². The number of carbonyl (C=O) groups excluding carboxylic acids is 1. The zero-order valence-electron chi connectivity index (χ0n) is 11.3. The Morgan fingerprint density at radius 1 is 1.47 bits per heavy atom. The molecule has 4 heteroatoms. The van der Waals surface area contributed by atoms with Gasteiger partial charge in [-0.3, -0.25) is 4.79 Å². The van der Waals surface area contributed by atoms with Crippen molar-refractivity contribution in [2.24, 2.45) is 11.7 Å².